The number of carbonyl (C=O) groups is 1. The van der Waals surface area contributed by atoms with Crippen LogP contribution in [0.2, 0.25) is 0 Å². The van der Waals surface area contributed by atoms with Crippen LogP contribution in [0.15, 0.2) is 40.7 Å². The minimum absolute atomic E-state index is 0.0921. The van der Waals surface area contributed by atoms with Gasteiger partial charge in [-0.15, -0.1) is 0 Å². The number of thioether (sulfide) groups is 1. The van der Waals surface area contributed by atoms with Crippen LogP contribution >= 0.6 is 11.8 Å². The maximum absolute atomic E-state index is 11.3. The molecular formula is C12H12N2O2S. The lowest BCUT2D eigenvalue weighted by Gasteiger charge is -2.00. The summed E-state index contributed by atoms with van der Waals surface area (Å²) in [6, 6.07) is 7.72. The summed E-state index contributed by atoms with van der Waals surface area (Å²) < 4.78 is 0. The third kappa shape index (κ3) is 2.88. The quantitative estimate of drug-likeness (QED) is 0.637. The van der Waals surface area contributed by atoms with Crippen molar-refractivity contribution in [3.8, 4) is 0 Å². The van der Waals surface area contributed by atoms with Crippen LogP contribution in [0.4, 0.5) is 5.69 Å². The number of hydrazone groups is 1. The van der Waals surface area contributed by atoms with Crippen LogP contribution in [-0.2, 0) is 4.79 Å². The minimum atomic E-state index is -0.142. The van der Waals surface area contributed by atoms with Crippen molar-refractivity contribution in [2.24, 2.45) is 5.10 Å². The average molecular weight is 248 g/mol. The van der Waals surface area contributed by atoms with E-state index >= 15 is 0 Å². The van der Waals surface area contributed by atoms with E-state index in [1.165, 1.54) is 11.8 Å². The molecule has 0 spiro atoms. The van der Waals surface area contributed by atoms with Crippen molar-refractivity contribution in [3.63, 3.8) is 0 Å². The second-order valence-corrected chi connectivity index (χ2v) is 4.62. The van der Waals surface area contributed by atoms with Gasteiger partial charge < -0.3 is 5.11 Å². The van der Waals surface area contributed by atoms with Gasteiger partial charge >= 0.3 is 0 Å². The lowest BCUT2D eigenvalue weighted by molar-refractivity contribution is -0.107. The van der Waals surface area contributed by atoms with Crippen LogP contribution in [0.5, 0.6) is 0 Å². The Morgan fingerprint density at radius 3 is 2.71 bits per heavy atom. The molecule has 1 aromatic carbocycles. The number of aryl methyl sites for hydroxylation is 1. The SMILES string of the molecule is Cc1ccc(N/N=C/C2=C(O)CSC2=O)cc1. The summed E-state index contributed by atoms with van der Waals surface area (Å²) in [5.41, 5.74) is 5.08. The molecule has 0 saturated heterocycles. The number of anilines is 1. The van der Waals surface area contributed by atoms with Crippen molar-refractivity contribution in [1.82, 2.24) is 0 Å². The fourth-order valence-corrected chi connectivity index (χ4v) is 2.08. The van der Waals surface area contributed by atoms with Gasteiger partial charge in [-0.1, -0.05) is 29.5 Å². The predicted molar refractivity (Wildman–Crippen MR) is 70.4 cm³/mol. The van der Waals surface area contributed by atoms with E-state index in [9.17, 15) is 9.90 Å². The van der Waals surface area contributed by atoms with Gasteiger partial charge in [-0.2, -0.15) is 5.10 Å². The zero-order chi connectivity index (χ0) is 12.3. The molecule has 1 aromatic rings. The first-order valence-corrected chi connectivity index (χ1v) is 6.10. The van der Waals surface area contributed by atoms with Gasteiger partial charge in [-0.05, 0) is 19.1 Å². The van der Waals surface area contributed by atoms with Gasteiger partial charge in [0.15, 0.2) is 0 Å². The zero-order valence-corrected chi connectivity index (χ0v) is 10.1. The molecule has 17 heavy (non-hydrogen) atoms. The smallest absolute Gasteiger partial charge is 0.224 e. The molecule has 0 radical (unpaired) electrons. The predicted octanol–water partition coefficient (Wildman–Crippen LogP) is 2.48. The van der Waals surface area contributed by atoms with Crippen molar-refractivity contribution in [2.75, 3.05) is 11.2 Å². The molecule has 2 rings (SSSR count). The molecule has 1 heterocycles. The van der Waals surface area contributed by atoms with Crippen molar-refractivity contribution in [3.05, 3.63) is 41.2 Å². The second-order valence-electron chi connectivity index (χ2n) is 3.67. The molecule has 0 bridgehead atoms. The Morgan fingerprint density at radius 2 is 2.12 bits per heavy atom. The lowest BCUT2D eigenvalue weighted by atomic mass is 10.2. The Morgan fingerprint density at radius 1 is 1.41 bits per heavy atom. The number of aliphatic hydroxyl groups is 1. The van der Waals surface area contributed by atoms with Crippen LogP contribution < -0.4 is 5.43 Å². The standard InChI is InChI=1S/C12H12N2O2S/c1-8-2-4-9(5-3-8)14-13-6-10-11(15)7-17-12(10)16/h2-6,14-15H,7H2,1H3/b13-6+. The number of hydrogen-bond acceptors (Lipinski definition) is 5. The van der Waals surface area contributed by atoms with Crippen LogP contribution in [0, 0.1) is 6.92 Å². The Bertz CT molecular complexity index is 492. The fraction of sp³-hybridized carbons (Fsp3) is 0.167. The molecule has 0 fully saturated rings. The van der Waals surface area contributed by atoms with Crippen LogP contribution in [0.25, 0.3) is 0 Å². The third-order valence-corrected chi connectivity index (χ3v) is 3.21. The lowest BCUT2D eigenvalue weighted by Crippen LogP contribution is -1.98. The van der Waals surface area contributed by atoms with Crippen LogP contribution in [0.1, 0.15) is 5.56 Å². The highest BCUT2D eigenvalue weighted by atomic mass is 32.2. The number of aliphatic hydroxyl groups excluding tert-OH is 1. The number of benzene rings is 1. The first-order valence-electron chi connectivity index (χ1n) is 5.12. The maximum Gasteiger partial charge on any atom is 0.224 e. The molecular weight excluding hydrogens is 236 g/mol. The Kier molecular flexibility index (Phi) is 3.49. The van der Waals surface area contributed by atoms with Gasteiger partial charge in [0.25, 0.3) is 0 Å². The number of hydrogen-bond donors (Lipinski definition) is 2. The van der Waals surface area contributed by atoms with E-state index in [-0.39, 0.29) is 16.4 Å². The van der Waals surface area contributed by atoms with E-state index in [1.807, 2.05) is 31.2 Å². The molecule has 1 aliphatic heterocycles. The number of carbonyl (C=O) groups excluding carboxylic acids is 1. The Hall–Kier alpha value is -1.75. The summed E-state index contributed by atoms with van der Waals surface area (Å²) in [5, 5.41) is 13.2. The molecule has 5 heteroatoms. The number of nitrogens with zero attached hydrogens (tertiary/aromatic N) is 1. The molecule has 0 unspecified atom stereocenters. The highest BCUT2D eigenvalue weighted by molar-refractivity contribution is 8.14. The second kappa shape index (κ2) is 5.05. The van der Waals surface area contributed by atoms with E-state index in [0.29, 0.717) is 5.75 Å². The summed E-state index contributed by atoms with van der Waals surface area (Å²) in [7, 11) is 0. The monoisotopic (exact) mass is 248 g/mol. The summed E-state index contributed by atoms with van der Waals surface area (Å²) in [5.74, 6) is 0.430. The normalized spacial score (nSPS) is 15.9. The van der Waals surface area contributed by atoms with E-state index < -0.39 is 0 Å². The van der Waals surface area contributed by atoms with Crippen molar-refractivity contribution in [1.29, 1.82) is 0 Å². The van der Waals surface area contributed by atoms with Crippen molar-refractivity contribution >= 4 is 28.8 Å². The molecule has 1 aliphatic rings. The molecule has 0 saturated carbocycles. The highest BCUT2D eigenvalue weighted by Gasteiger charge is 2.21. The topological polar surface area (TPSA) is 61.7 Å². The molecule has 0 amide bonds. The van der Waals surface area contributed by atoms with E-state index in [1.54, 1.807) is 0 Å². The molecule has 4 nitrogen and oxygen atoms in total. The third-order valence-electron chi connectivity index (χ3n) is 2.31. The van der Waals surface area contributed by atoms with Gasteiger partial charge in [0.1, 0.15) is 5.76 Å². The molecule has 2 N–H and O–H groups in total. The van der Waals surface area contributed by atoms with Crippen LogP contribution in [0.3, 0.4) is 0 Å². The van der Waals surface area contributed by atoms with Gasteiger partial charge in [0.2, 0.25) is 5.12 Å². The average Bonchev–Trinajstić information content (AvgIpc) is 2.63. The van der Waals surface area contributed by atoms with Crippen molar-refractivity contribution in [2.45, 2.75) is 6.92 Å². The van der Waals surface area contributed by atoms with Crippen LogP contribution in [-0.4, -0.2) is 22.2 Å². The summed E-state index contributed by atoms with van der Waals surface area (Å²) in [4.78, 5) is 11.3. The van der Waals surface area contributed by atoms with Gasteiger partial charge in [-0.25, -0.2) is 0 Å². The minimum Gasteiger partial charge on any atom is -0.511 e. The first kappa shape index (κ1) is 11.7. The van der Waals surface area contributed by atoms with E-state index in [2.05, 4.69) is 10.5 Å². The Labute approximate surface area is 103 Å². The highest BCUT2D eigenvalue weighted by Crippen LogP contribution is 2.23. The van der Waals surface area contributed by atoms with E-state index in [0.717, 1.165) is 17.4 Å². The largest absolute Gasteiger partial charge is 0.511 e. The van der Waals surface area contributed by atoms with Gasteiger partial charge in [-0.3, -0.25) is 10.2 Å². The van der Waals surface area contributed by atoms with E-state index in [4.69, 9.17) is 0 Å². The molecule has 88 valence electrons. The Balaban J connectivity index is 2.01. The van der Waals surface area contributed by atoms with Gasteiger partial charge in [0, 0.05) is 0 Å². The zero-order valence-electron chi connectivity index (χ0n) is 9.30. The first-order chi connectivity index (χ1) is 8.16. The fourth-order valence-electron chi connectivity index (χ4n) is 1.33. The number of rotatable bonds is 3. The number of nitrogens with one attached hydrogen (secondary N) is 1. The molecule has 0 atom stereocenters. The van der Waals surface area contributed by atoms with Gasteiger partial charge in [0.05, 0.1) is 23.2 Å². The summed E-state index contributed by atoms with van der Waals surface area (Å²) in [6.07, 6.45) is 1.36. The summed E-state index contributed by atoms with van der Waals surface area (Å²) >= 11 is 1.08. The summed E-state index contributed by atoms with van der Waals surface area (Å²) in [6.45, 7) is 2.00. The molecule has 0 aromatic heterocycles. The maximum atomic E-state index is 11.3. The van der Waals surface area contributed by atoms with Crippen molar-refractivity contribution < 1.29 is 9.90 Å². The molecule has 0 aliphatic carbocycles.